The molecule has 3 rings (SSSR count). The van der Waals surface area contributed by atoms with Crippen molar-refractivity contribution in [2.75, 3.05) is 23.9 Å². The number of benzene rings is 2. The molecule has 3 aromatic rings. The van der Waals surface area contributed by atoms with Crippen LogP contribution in [0.25, 0.3) is 0 Å². The molecule has 0 spiro atoms. The number of H-pyrrole nitrogens is 1. The zero-order chi connectivity index (χ0) is 20.1. The van der Waals surface area contributed by atoms with Crippen LogP contribution in [-0.4, -0.2) is 31.6 Å². The van der Waals surface area contributed by atoms with E-state index >= 15 is 0 Å². The maximum atomic E-state index is 13.2. The summed E-state index contributed by atoms with van der Waals surface area (Å²) in [5, 5.41) is 0. The molecule has 0 unspecified atom stereocenters. The summed E-state index contributed by atoms with van der Waals surface area (Å²) >= 11 is 0. The van der Waals surface area contributed by atoms with Crippen LogP contribution in [-0.2, 0) is 6.54 Å². The Morgan fingerprint density at radius 3 is 2.36 bits per heavy atom. The molecule has 28 heavy (non-hydrogen) atoms. The molecule has 0 atom stereocenters. The number of ether oxygens (including phenoxy) is 1. The predicted octanol–water partition coefficient (Wildman–Crippen LogP) is 4.53. The van der Waals surface area contributed by atoms with Crippen LogP contribution in [0.3, 0.4) is 0 Å². The van der Waals surface area contributed by atoms with Crippen molar-refractivity contribution in [3.05, 3.63) is 78.1 Å². The van der Waals surface area contributed by atoms with Gasteiger partial charge < -0.3 is 19.5 Å². The average molecular weight is 385 g/mol. The Bertz CT molecular complexity index is 910. The van der Waals surface area contributed by atoms with E-state index in [1.807, 2.05) is 55.4 Å². The van der Waals surface area contributed by atoms with Gasteiger partial charge in [-0.1, -0.05) is 6.07 Å². The van der Waals surface area contributed by atoms with E-state index in [0.29, 0.717) is 12.2 Å². The average Bonchev–Trinajstić information content (AvgIpc) is 3.18. The smallest absolute Gasteiger partial charge is 0.387 e. The second kappa shape index (κ2) is 8.56. The first-order chi connectivity index (χ1) is 13.4. The summed E-state index contributed by atoms with van der Waals surface area (Å²) in [6, 6.07) is 17.1. The van der Waals surface area contributed by atoms with Gasteiger partial charge >= 0.3 is 6.61 Å². The number of alkyl halides is 2. The van der Waals surface area contributed by atoms with Gasteiger partial charge in [-0.05, 0) is 54.6 Å². The number of carbonyl (C=O) groups is 1. The van der Waals surface area contributed by atoms with Crippen molar-refractivity contribution >= 4 is 17.3 Å². The highest BCUT2D eigenvalue weighted by Gasteiger charge is 2.20. The highest BCUT2D eigenvalue weighted by molar-refractivity contribution is 6.06. The number of rotatable bonds is 7. The lowest BCUT2D eigenvalue weighted by Crippen LogP contribution is -2.30. The maximum absolute atomic E-state index is 13.2. The molecule has 0 fully saturated rings. The van der Waals surface area contributed by atoms with Gasteiger partial charge in [-0.25, -0.2) is 0 Å². The lowest BCUT2D eigenvalue weighted by atomic mass is 10.1. The van der Waals surface area contributed by atoms with Gasteiger partial charge in [0, 0.05) is 42.9 Å². The van der Waals surface area contributed by atoms with Gasteiger partial charge in [0.2, 0.25) is 0 Å². The Kier molecular flexibility index (Phi) is 5.93. The Labute approximate surface area is 162 Å². The van der Waals surface area contributed by atoms with E-state index in [4.69, 9.17) is 0 Å². The third-order valence-electron chi connectivity index (χ3n) is 4.22. The van der Waals surface area contributed by atoms with Crippen molar-refractivity contribution in [2.45, 2.75) is 13.2 Å². The van der Waals surface area contributed by atoms with E-state index < -0.39 is 6.61 Å². The van der Waals surface area contributed by atoms with Crippen molar-refractivity contribution in [3.8, 4) is 5.75 Å². The van der Waals surface area contributed by atoms with Gasteiger partial charge in [0.05, 0.1) is 6.54 Å². The molecule has 0 radical (unpaired) electrons. The summed E-state index contributed by atoms with van der Waals surface area (Å²) in [5.74, 6) is -0.365. The van der Waals surface area contributed by atoms with E-state index in [-0.39, 0.29) is 17.2 Å². The number of amides is 1. The summed E-state index contributed by atoms with van der Waals surface area (Å²) in [7, 11) is 3.87. The van der Waals surface area contributed by atoms with Crippen LogP contribution in [0, 0.1) is 0 Å². The van der Waals surface area contributed by atoms with Gasteiger partial charge in [-0.2, -0.15) is 8.78 Å². The summed E-state index contributed by atoms with van der Waals surface area (Å²) in [6.07, 6.45) is 1.78. The molecule has 0 saturated heterocycles. The molecule has 2 aromatic carbocycles. The third-order valence-corrected chi connectivity index (χ3v) is 4.22. The zero-order valence-electron chi connectivity index (χ0n) is 15.6. The molecule has 1 N–H and O–H groups in total. The van der Waals surface area contributed by atoms with E-state index in [1.54, 1.807) is 17.2 Å². The fourth-order valence-electron chi connectivity index (χ4n) is 2.81. The standard InChI is InChI=1S/C21H21F2N3O2/c1-25(2)17-8-10-18(11-9-17)26(14-16-6-4-12-24-16)20(27)15-5-3-7-19(13-15)28-21(22)23/h3-13,21,24H,14H2,1-2H3. The monoisotopic (exact) mass is 385 g/mol. The van der Waals surface area contributed by atoms with Crippen molar-refractivity contribution < 1.29 is 18.3 Å². The fourth-order valence-corrected chi connectivity index (χ4v) is 2.81. The maximum Gasteiger partial charge on any atom is 0.387 e. The SMILES string of the molecule is CN(C)c1ccc(N(Cc2ccc[nH]2)C(=O)c2cccc(OC(F)F)c2)cc1. The highest BCUT2D eigenvalue weighted by atomic mass is 19.3. The van der Waals surface area contributed by atoms with Crippen molar-refractivity contribution in [2.24, 2.45) is 0 Å². The molecule has 0 bridgehead atoms. The predicted molar refractivity (Wildman–Crippen MR) is 105 cm³/mol. The minimum atomic E-state index is -2.95. The number of nitrogens with one attached hydrogen (secondary N) is 1. The molecule has 1 amide bonds. The molecule has 7 heteroatoms. The van der Waals surface area contributed by atoms with Crippen molar-refractivity contribution in [1.82, 2.24) is 4.98 Å². The van der Waals surface area contributed by atoms with Crippen LogP contribution in [0.1, 0.15) is 16.1 Å². The van der Waals surface area contributed by atoms with Crippen LogP contribution in [0.15, 0.2) is 66.9 Å². The molecule has 1 aromatic heterocycles. The first-order valence-electron chi connectivity index (χ1n) is 8.70. The van der Waals surface area contributed by atoms with E-state index in [9.17, 15) is 13.6 Å². The fraction of sp³-hybridized carbons (Fsp3) is 0.190. The van der Waals surface area contributed by atoms with Crippen LogP contribution in [0.2, 0.25) is 0 Å². The number of aromatic amines is 1. The number of hydrogen-bond acceptors (Lipinski definition) is 3. The Hall–Kier alpha value is -3.35. The van der Waals surface area contributed by atoms with Crippen LogP contribution >= 0.6 is 0 Å². The number of carbonyl (C=O) groups excluding carboxylic acids is 1. The normalized spacial score (nSPS) is 10.8. The quantitative estimate of drug-likeness (QED) is 0.650. The molecule has 0 aliphatic rings. The number of nitrogens with zero attached hydrogens (tertiary/aromatic N) is 2. The second-order valence-corrected chi connectivity index (χ2v) is 6.40. The molecule has 0 saturated carbocycles. The number of anilines is 2. The largest absolute Gasteiger partial charge is 0.435 e. The Morgan fingerprint density at radius 2 is 1.75 bits per heavy atom. The van der Waals surface area contributed by atoms with Gasteiger partial charge in [0.15, 0.2) is 0 Å². The molecular formula is C21H21F2N3O2. The minimum Gasteiger partial charge on any atom is -0.435 e. The number of aromatic nitrogens is 1. The lowest BCUT2D eigenvalue weighted by molar-refractivity contribution is -0.0498. The molecule has 0 aliphatic carbocycles. The van der Waals surface area contributed by atoms with Crippen LogP contribution < -0.4 is 14.5 Å². The molecule has 5 nitrogen and oxygen atoms in total. The number of hydrogen-bond donors (Lipinski definition) is 1. The molecule has 146 valence electrons. The van der Waals surface area contributed by atoms with Crippen molar-refractivity contribution in [1.29, 1.82) is 0 Å². The summed E-state index contributed by atoms with van der Waals surface area (Å²) in [5.41, 5.74) is 2.82. The van der Waals surface area contributed by atoms with E-state index in [0.717, 1.165) is 11.4 Å². The van der Waals surface area contributed by atoms with Gasteiger partial charge in [0.1, 0.15) is 5.75 Å². The molecule has 1 heterocycles. The summed E-state index contributed by atoms with van der Waals surface area (Å²) in [4.78, 5) is 19.8. The Morgan fingerprint density at radius 1 is 1.04 bits per heavy atom. The topological polar surface area (TPSA) is 48.6 Å². The Balaban J connectivity index is 1.93. The minimum absolute atomic E-state index is 0.0522. The highest BCUT2D eigenvalue weighted by Crippen LogP contribution is 2.25. The second-order valence-electron chi connectivity index (χ2n) is 6.40. The molecule has 0 aliphatic heterocycles. The third kappa shape index (κ3) is 4.68. The van der Waals surface area contributed by atoms with Crippen LogP contribution in [0.4, 0.5) is 20.2 Å². The first-order valence-corrected chi connectivity index (χ1v) is 8.70. The summed E-state index contributed by atoms with van der Waals surface area (Å²) < 4.78 is 29.4. The van der Waals surface area contributed by atoms with Crippen LogP contribution in [0.5, 0.6) is 5.75 Å². The zero-order valence-corrected chi connectivity index (χ0v) is 15.6. The van der Waals surface area contributed by atoms with Gasteiger partial charge in [-0.3, -0.25) is 4.79 Å². The van der Waals surface area contributed by atoms with E-state index in [2.05, 4.69) is 9.72 Å². The summed E-state index contributed by atoms with van der Waals surface area (Å²) in [6.45, 7) is -2.63. The number of halogens is 2. The van der Waals surface area contributed by atoms with Gasteiger partial charge in [0.25, 0.3) is 5.91 Å². The van der Waals surface area contributed by atoms with E-state index in [1.165, 1.54) is 18.2 Å². The van der Waals surface area contributed by atoms with Gasteiger partial charge in [-0.15, -0.1) is 0 Å². The van der Waals surface area contributed by atoms with Crippen molar-refractivity contribution in [3.63, 3.8) is 0 Å². The first kappa shape index (κ1) is 19.4. The lowest BCUT2D eigenvalue weighted by Gasteiger charge is -2.24. The molecular weight excluding hydrogens is 364 g/mol.